The summed E-state index contributed by atoms with van der Waals surface area (Å²) in [7, 11) is 0. The van der Waals surface area contributed by atoms with Crippen LogP contribution in [-0.4, -0.2) is 0 Å². The lowest BCUT2D eigenvalue weighted by Gasteiger charge is -2.26. The number of furan rings is 4. The van der Waals surface area contributed by atoms with Gasteiger partial charge in [0.2, 0.25) is 0 Å². The van der Waals surface area contributed by atoms with E-state index in [0.717, 1.165) is 134 Å². The first-order chi connectivity index (χ1) is 34.7. The molecule has 14 aromatic rings. The SMILES string of the molecule is c1ccc(N(c2ccc(-c3ccc(N(c4ccccc4)c4cccc5c4oc4c(-c6cc7ccccc7o6)cccc45)cc3)cc2)c2cccc3c2oc2c(-c4cc5ccccc5o4)cccc23)cc1. The summed E-state index contributed by atoms with van der Waals surface area (Å²) in [5.74, 6) is 1.56. The van der Waals surface area contributed by atoms with Crippen LogP contribution in [0, 0.1) is 0 Å². The molecule has 4 aromatic heterocycles. The fraction of sp³-hybridized carbons (Fsp3) is 0. The van der Waals surface area contributed by atoms with Gasteiger partial charge in [-0.2, -0.15) is 0 Å². The lowest BCUT2D eigenvalue weighted by Crippen LogP contribution is -2.10. The number of nitrogens with zero attached hydrogens (tertiary/aromatic N) is 2. The molecule has 0 amide bonds. The van der Waals surface area contributed by atoms with Crippen molar-refractivity contribution < 1.29 is 17.7 Å². The van der Waals surface area contributed by atoms with E-state index in [0.29, 0.717) is 0 Å². The van der Waals surface area contributed by atoms with Crippen molar-refractivity contribution in [1.82, 2.24) is 0 Å². The van der Waals surface area contributed by atoms with Gasteiger partial charge >= 0.3 is 0 Å². The van der Waals surface area contributed by atoms with Gasteiger partial charge in [-0.3, -0.25) is 0 Å². The number of hydrogen-bond acceptors (Lipinski definition) is 6. The van der Waals surface area contributed by atoms with E-state index in [4.69, 9.17) is 17.7 Å². The maximum absolute atomic E-state index is 6.93. The molecule has 0 aliphatic carbocycles. The first-order valence-electron chi connectivity index (χ1n) is 23.5. The third-order valence-electron chi connectivity index (χ3n) is 13.5. The second-order valence-electron chi connectivity index (χ2n) is 17.6. The Kier molecular flexibility index (Phi) is 9.10. The molecule has 4 heterocycles. The first-order valence-corrected chi connectivity index (χ1v) is 23.5. The van der Waals surface area contributed by atoms with Crippen molar-refractivity contribution in [2.24, 2.45) is 0 Å². The largest absolute Gasteiger partial charge is 0.456 e. The molecule has 0 unspecified atom stereocenters. The van der Waals surface area contributed by atoms with Crippen molar-refractivity contribution in [2.45, 2.75) is 0 Å². The van der Waals surface area contributed by atoms with Crippen molar-refractivity contribution >= 4 is 99.9 Å². The van der Waals surface area contributed by atoms with Crippen LogP contribution in [0.3, 0.4) is 0 Å². The average Bonchev–Trinajstić information content (AvgIpc) is 4.23. The molecule has 10 aromatic carbocycles. The van der Waals surface area contributed by atoms with Crippen LogP contribution >= 0.6 is 0 Å². The van der Waals surface area contributed by atoms with E-state index in [2.05, 4.69) is 204 Å². The highest BCUT2D eigenvalue weighted by molar-refractivity contribution is 6.15. The smallest absolute Gasteiger partial charge is 0.159 e. The molecule has 0 aliphatic rings. The van der Waals surface area contributed by atoms with Gasteiger partial charge in [0.15, 0.2) is 11.2 Å². The van der Waals surface area contributed by atoms with Gasteiger partial charge in [-0.05, 0) is 108 Å². The van der Waals surface area contributed by atoms with Gasteiger partial charge in [0.25, 0.3) is 0 Å². The van der Waals surface area contributed by atoms with Crippen LogP contribution in [0.5, 0.6) is 0 Å². The molecule has 0 fully saturated rings. The molecule has 0 spiro atoms. The van der Waals surface area contributed by atoms with Crippen molar-refractivity contribution in [3.63, 3.8) is 0 Å². The molecule has 330 valence electrons. The molecular weight excluding hydrogens is 861 g/mol. The van der Waals surface area contributed by atoms with Gasteiger partial charge in [0, 0.05) is 55.1 Å². The van der Waals surface area contributed by atoms with Crippen molar-refractivity contribution in [1.29, 1.82) is 0 Å². The Balaban J connectivity index is 0.828. The minimum absolute atomic E-state index is 0.779. The molecule has 70 heavy (non-hydrogen) atoms. The lowest BCUT2D eigenvalue weighted by molar-refractivity contribution is 0.625. The maximum atomic E-state index is 6.93. The highest BCUT2D eigenvalue weighted by Crippen LogP contribution is 2.47. The van der Waals surface area contributed by atoms with Gasteiger partial charge in [0.1, 0.15) is 33.9 Å². The summed E-state index contributed by atoms with van der Waals surface area (Å²) in [5, 5.41) is 6.27. The monoisotopic (exact) mass is 900 g/mol. The van der Waals surface area contributed by atoms with Crippen LogP contribution in [0.25, 0.3) is 99.6 Å². The standard InChI is InChI=1S/C64H40N2O4/c1-3-17-45(18-4-1)65(55-27-13-23-51-49-21-11-25-53(61(49)69-63(51)55)59-39-43-15-7-9-29-57(43)67-59)47-35-31-41(32-36-47)42-33-37-48(38-34-42)66(46-19-5-2-6-20-46)56-28-14-24-52-50-22-12-26-54(62(50)70-64(52)56)60-40-44-16-8-10-30-58(44)68-60/h1-40H. The molecule has 6 heteroatoms. The Hall–Kier alpha value is -9.52. The molecule has 0 saturated carbocycles. The predicted molar refractivity (Wildman–Crippen MR) is 286 cm³/mol. The topological polar surface area (TPSA) is 59.0 Å². The molecule has 6 nitrogen and oxygen atoms in total. The number of fused-ring (bicyclic) bond motifs is 8. The van der Waals surface area contributed by atoms with Gasteiger partial charge in [-0.25, -0.2) is 0 Å². The number of benzene rings is 10. The summed E-state index contributed by atoms with van der Waals surface area (Å²) in [6.45, 7) is 0. The van der Waals surface area contributed by atoms with Crippen LogP contribution in [-0.2, 0) is 0 Å². The van der Waals surface area contributed by atoms with E-state index in [1.807, 2.05) is 48.5 Å². The highest BCUT2D eigenvalue weighted by atomic mass is 16.4. The molecule has 0 radical (unpaired) electrons. The number of rotatable bonds is 9. The Bertz CT molecular complexity index is 3900. The Morgan fingerprint density at radius 3 is 1.03 bits per heavy atom. The van der Waals surface area contributed by atoms with E-state index in [-0.39, 0.29) is 0 Å². The number of anilines is 6. The van der Waals surface area contributed by atoms with Crippen LogP contribution in [0.1, 0.15) is 0 Å². The molecule has 0 saturated heterocycles. The zero-order valence-electron chi connectivity index (χ0n) is 37.6. The molecule has 0 atom stereocenters. The van der Waals surface area contributed by atoms with Crippen LogP contribution < -0.4 is 9.80 Å². The van der Waals surface area contributed by atoms with Gasteiger partial charge < -0.3 is 27.5 Å². The fourth-order valence-corrected chi connectivity index (χ4v) is 10.2. The maximum Gasteiger partial charge on any atom is 0.159 e. The van der Waals surface area contributed by atoms with Crippen LogP contribution in [0.2, 0.25) is 0 Å². The van der Waals surface area contributed by atoms with Gasteiger partial charge in [-0.15, -0.1) is 0 Å². The van der Waals surface area contributed by atoms with E-state index in [1.54, 1.807) is 0 Å². The zero-order valence-corrected chi connectivity index (χ0v) is 37.6. The Morgan fingerprint density at radius 1 is 0.257 bits per heavy atom. The second-order valence-corrected chi connectivity index (χ2v) is 17.6. The van der Waals surface area contributed by atoms with E-state index < -0.39 is 0 Å². The summed E-state index contributed by atoms with van der Waals surface area (Å²) in [6, 6.07) is 84.2. The van der Waals surface area contributed by atoms with Crippen molar-refractivity contribution in [3.05, 3.63) is 243 Å². The molecule has 0 aliphatic heterocycles. The van der Waals surface area contributed by atoms with E-state index in [1.165, 1.54) is 0 Å². The quantitative estimate of drug-likeness (QED) is 0.144. The number of hydrogen-bond donors (Lipinski definition) is 0. The Labute approximate surface area is 402 Å². The summed E-state index contributed by atoms with van der Waals surface area (Å²) in [6.07, 6.45) is 0. The van der Waals surface area contributed by atoms with E-state index in [9.17, 15) is 0 Å². The minimum atomic E-state index is 0.779. The fourth-order valence-electron chi connectivity index (χ4n) is 10.2. The number of para-hydroxylation sites is 8. The average molecular weight is 901 g/mol. The normalized spacial score (nSPS) is 11.7. The molecule has 14 rings (SSSR count). The van der Waals surface area contributed by atoms with Crippen LogP contribution in [0.15, 0.2) is 260 Å². The van der Waals surface area contributed by atoms with Gasteiger partial charge in [-0.1, -0.05) is 146 Å². The minimum Gasteiger partial charge on any atom is -0.456 e. The summed E-state index contributed by atoms with van der Waals surface area (Å²) < 4.78 is 26.6. The Morgan fingerprint density at radius 2 is 0.614 bits per heavy atom. The van der Waals surface area contributed by atoms with E-state index >= 15 is 0 Å². The summed E-state index contributed by atoms with van der Waals surface area (Å²) >= 11 is 0. The zero-order chi connectivity index (χ0) is 46.1. The van der Waals surface area contributed by atoms with Crippen molar-refractivity contribution in [2.75, 3.05) is 9.80 Å². The molecule has 0 N–H and O–H groups in total. The lowest BCUT2D eigenvalue weighted by atomic mass is 10.0. The third-order valence-corrected chi connectivity index (χ3v) is 13.5. The third kappa shape index (κ3) is 6.49. The summed E-state index contributed by atoms with van der Waals surface area (Å²) in [5.41, 5.74) is 14.9. The second kappa shape index (κ2) is 16.1. The van der Waals surface area contributed by atoms with Crippen molar-refractivity contribution in [3.8, 4) is 33.8 Å². The van der Waals surface area contributed by atoms with Crippen LogP contribution in [0.4, 0.5) is 34.1 Å². The summed E-state index contributed by atoms with van der Waals surface area (Å²) in [4.78, 5) is 4.54. The first kappa shape index (κ1) is 39.6. The predicted octanol–water partition coefficient (Wildman–Crippen LogP) is 18.9. The highest BCUT2D eigenvalue weighted by Gasteiger charge is 2.24. The molecule has 0 bridgehead atoms. The van der Waals surface area contributed by atoms with Gasteiger partial charge in [0.05, 0.1) is 22.5 Å². The molecular formula is C64H40N2O4.